The zero-order chi connectivity index (χ0) is 13.2. The van der Waals surface area contributed by atoms with Crippen molar-refractivity contribution in [1.82, 2.24) is 14.5 Å². The number of imidazole rings is 1. The molecule has 0 bridgehead atoms. The molecule has 0 saturated heterocycles. The van der Waals surface area contributed by atoms with Gasteiger partial charge in [-0.05, 0) is 6.07 Å². The van der Waals surface area contributed by atoms with Crippen LogP contribution in [0.4, 0.5) is 5.82 Å². The molecule has 0 unspecified atom stereocenters. The lowest BCUT2D eigenvalue weighted by molar-refractivity contribution is 0.0502. The van der Waals surface area contributed by atoms with Crippen LogP contribution >= 0.6 is 0 Å². The van der Waals surface area contributed by atoms with E-state index in [1.54, 1.807) is 6.33 Å². The Morgan fingerprint density at radius 2 is 2.16 bits per heavy atom. The fourth-order valence-electron chi connectivity index (χ4n) is 2.13. The quantitative estimate of drug-likeness (QED) is 0.685. The zero-order valence-electron chi connectivity index (χ0n) is 10.3. The van der Waals surface area contributed by atoms with Gasteiger partial charge in [-0.15, -0.1) is 0 Å². The van der Waals surface area contributed by atoms with E-state index in [2.05, 4.69) is 9.97 Å². The van der Waals surface area contributed by atoms with Crippen LogP contribution in [-0.2, 0) is 11.5 Å². The number of aliphatic hydroxyl groups excluding tert-OH is 1. The van der Waals surface area contributed by atoms with Crippen molar-refractivity contribution in [3.63, 3.8) is 0 Å². The van der Waals surface area contributed by atoms with Gasteiger partial charge in [0, 0.05) is 5.39 Å². The molecule has 0 radical (unpaired) electrons. The van der Waals surface area contributed by atoms with Crippen molar-refractivity contribution in [2.45, 2.75) is 6.73 Å². The average Bonchev–Trinajstić information content (AvgIpc) is 2.84. The molecule has 6 nitrogen and oxygen atoms in total. The van der Waals surface area contributed by atoms with E-state index >= 15 is 0 Å². The van der Waals surface area contributed by atoms with Crippen molar-refractivity contribution in [3.8, 4) is 0 Å². The van der Waals surface area contributed by atoms with Crippen LogP contribution in [0.25, 0.3) is 21.9 Å². The molecule has 0 spiro atoms. The van der Waals surface area contributed by atoms with Crippen molar-refractivity contribution >= 4 is 27.8 Å². The number of nitrogens with zero attached hydrogens (tertiary/aromatic N) is 3. The monoisotopic (exact) mass is 258 g/mol. The molecule has 0 fully saturated rings. The van der Waals surface area contributed by atoms with Crippen molar-refractivity contribution in [1.29, 1.82) is 0 Å². The summed E-state index contributed by atoms with van der Waals surface area (Å²) in [7, 11) is 0. The summed E-state index contributed by atoms with van der Waals surface area (Å²) in [4.78, 5) is 8.61. The molecule has 0 aliphatic rings. The van der Waals surface area contributed by atoms with Gasteiger partial charge in [0.1, 0.15) is 12.2 Å². The number of rotatable bonds is 4. The Labute approximate surface area is 109 Å². The van der Waals surface area contributed by atoms with E-state index in [1.165, 1.54) is 0 Å². The largest absolute Gasteiger partial charge is 0.394 e. The zero-order valence-corrected chi connectivity index (χ0v) is 10.3. The first-order valence-electron chi connectivity index (χ1n) is 5.99. The molecule has 0 amide bonds. The molecular formula is C13H14N4O2. The third-order valence-corrected chi connectivity index (χ3v) is 2.95. The summed E-state index contributed by atoms with van der Waals surface area (Å²) in [5.41, 5.74) is 8.33. The standard InChI is InChI=1S/C13H14N4O2/c14-13-11-12(9-3-1-2-4-10(9)16-13)17(7-15-11)8-19-6-5-18/h1-4,7,18H,5-6,8H2,(H2,14,16). The normalized spacial score (nSPS) is 11.4. The molecule has 3 rings (SSSR count). The van der Waals surface area contributed by atoms with Crippen LogP contribution in [0.2, 0.25) is 0 Å². The molecular weight excluding hydrogens is 244 g/mol. The number of nitrogens with two attached hydrogens (primary N) is 1. The molecule has 2 aromatic heterocycles. The third kappa shape index (κ3) is 2.00. The lowest BCUT2D eigenvalue weighted by Gasteiger charge is -2.07. The van der Waals surface area contributed by atoms with Gasteiger partial charge in [0.15, 0.2) is 5.82 Å². The Morgan fingerprint density at radius 1 is 1.32 bits per heavy atom. The van der Waals surface area contributed by atoms with Gasteiger partial charge in [0.05, 0.1) is 30.6 Å². The van der Waals surface area contributed by atoms with E-state index in [0.717, 1.165) is 16.4 Å². The molecule has 3 N–H and O–H groups in total. The molecule has 98 valence electrons. The number of ether oxygens (including phenoxy) is 1. The van der Waals surface area contributed by atoms with E-state index in [4.69, 9.17) is 15.6 Å². The number of para-hydroxylation sites is 1. The second kappa shape index (κ2) is 4.83. The predicted molar refractivity (Wildman–Crippen MR) is 72.5 cm³/mol. The van der Waals surface area contributed by atoms with Crippen molar-refractivity contribution in [2.75, 3.05) is 18.9 Å². The number of pyridine rings is 1. The van der Waals surface area contributed by atoms with E-state index in [-0.39, 0.29) is 13.2 Å². The molecule has 1 aromatic carbocycles. The molecule has 0 aliphatic carbocycles. The maximum atomic E-state index is 8.74. The average molecular weight is 258 g/mol. The van der Waals surface area contributed by atoms with Crippen molar-refractivity contribution in [3.05, 3.63) is 30.6 Å². The fraction of sp³-hybridized carbons (Fsp3) is 0.231. The Kier molecular flexibility index (Phi) is 3.02. The summed E-state index contributed by atoms with van der Waals surface area (Å²) in [6.07, 6.45) is 1.67. The number of aliphatic hydroxyl groups is 1. The van der Waals surface area contributed by atoms with Crippen molar-refractivity contribution < 1.29 is 9.84 Å². The van der Waals surface area contributed by atoms with E-state index < -0.39 is 0 Å². The van der Waals surface area contributed by atoms with Crippen LogP contribution in [0, 0.1) is 0 Å². The highest BCUT2D eigenvalue weighted by Crippen LogP contribution is 2.26. The predicted octanol–water partition coefficient (Wildman–Crippen LogP) is 1.13. The van der Waals surface area contributed by atoms with Gasteiger partial charge >= 0.3 is 0 Å². The summed E-state index contributed by atoms with van der Waals surface area (Å²) in [6.45, 7) is 0.611. The first-order chi connectivity index (χ1) is 9.31. The summed E-state index contributed by atoms with van der Waals surface area (Å²) >= 11 is 0. The topological polar surface area (TPSA) is 86.2 Å². The van der Waals surface area contributed by atoms with Gasteiger partial charge in [0.2, 0.25) is 0 Å². The van der Waals surface area contributed by atoms with Crippen LogP contribution in [0.15, 0.2) is 30.6 Å². The van der Waals surface area contributed by atoms with Gasteiger partial charge in [0.25, 0.3) is 0 Å². The summed E-state index contributed by atoms with van der Waals surface area (Å²) in [5.74, 6) is 0.412. The second-order valence-corrected chi connectivity index (χ2v) is 4.19. The van der Waals surface area contributed by atoms with Crippen LogP contribution < -0.4 is 5.73 Å². The number of hydrogen-bond donors (Lipinski definition) is 2. The number of aromatic nitrogens is 3. The molecule has 0 aliphatic heterocycles. The van der Waals surface area contributed by atoms with Crippen LogP contribution in [0.5, 0.6) is 0 Å². The highest BCUT2D eigenvalue weighted by atomic mass is 16.5. The summed E-state index contributed by atoms with van der Waals surface area (Å²) in [5, 5.41) is 9.73. The number of benzene rings is 1. The number of nitrogen functional groups attached to an aromatic ring is 1. The molecule has 19 heavy (non-hydrogen) atoms. The third-order valence-electron chi connectivity index (χ3n) is 2.95. The first-order valence-corrected chi connectivity index (χ1v) is 5.99. The maximum Gasteiger partial charge on any atom is 0.152 e. The Hall–Kier alpha value is -2.18. The minimum Gasteiger partial charge on any atom is -0.394 e. The van der Waals surface area contributed by atoms with E-state index in [9.17, 15) is 0 Å². The molecule has 0 atom stereocenters. The fourth-order valence-corrected chi connectivity index (χ4v) is 2.13. The minimum absolute atomic E-state index is 0.00290. The number of anilines is 1. The highest BCUT2D eigenvalue weighted by molar-refractivity contribution is 6.06. The SMILES string of the molecule is Nc1nc2ccccc2c2c1ncn2COCCO. The minimum atomic E-state index is -0.00290. The van der Waals surface area contributed by atoms with Gasteiger partial charge in [-0.1, -0.05) is 18.2 Å². The molecule has 2 heterocycles. The van der Waals surface area contributed by atoms with Gasteiger partial charge in [-0.25, -0.2) is 9.97 Å². The highest BCUT2D eigenvalue weighted by Gasteiger charge is 2.11. The molecule has 3 aromatic rings. The molecule has 0 saturated carbocycles. The van der Waals surface area contributed by atoms with Gasteiger partial charge in [-0.3, -0.25) is 0 Å². The Morgan fingerprint density at radius 3 is 3.00 bits per heavy atom. The first kappa shape index (κ1) is 11.9. The van der Waals surface area contributed by atoms with Gasteiger partial charge in [-0.2, -0.15) is 0 Å². The van der Waals surface area contributed by atoms with E-state index in [0.29, 0.717) is 18.1 Å². The van der Waals surface area contributed by atoms with E-state index in [1.807, 2.05) is 28.8 Å². The van der Waals surface area contributed by atoms with Crippen LogP contribution in [0.3, 0.4) is 0 Å². The molecule has 6 heteroatoms. The maximum absolute atomic E-state index is 8.74. The number of hydrogen-bond acceptors (Lipinski definition) is 5. The van der Waals surface area contributed by atoms with Gasteiger partial charge < -0.3 is 20.1 Å². The van der Waals surface area contributed by atoms with Crippen LogP contribution in [0.1, 0.15) is 0 Å². The Bertz CT molecular complexity index is 723. The smallest absolute Gasteiger partial charge is 0.152 e. The second-order valence-electron chi connectivity index (χ2n) is 4.19. The lowest BCUT2D eigenvalue weighted by Crippen LogP contribution is -2.05. The Balaban J connectivity index is 2.18. The lowest BCUT2D eigenvalue weighted by atomic mass is 10.2. The van der Waals surface area contributed by atoms with Crippen LogP contribution in [-0.4, -0.2) is 32.9 Å². The summed E-state index contributed by atoms with van der Waals surface area (Å²) < 4.78 is 7.20. The van der Waals surface area contributed by atoms with Crippen molar-refractivity contribution in [2.24, 2.45) is 0 Å². The summed E-state index contributed by atoms with van der Waals surface area (Å²) in [6, 6.07) is 7.76. The number of fused-ring (bicyclic) bond motifs is 3.